The fraction of sp³-hybridized carbons (Fsp3) is 0.143. The number of nitrogens with zero attached hydrogens (tertiary/aromatic N) is 1. The standard InChI is InChI=1S/C7H7NO5/c1-13-7-4(8(11)12)2-3-5(9)6(7)10/h2-3,9-10H,1H3. The van der Waals surface area contributed by atoms with Crippen LogP contribution in [0.1, 0.15) is 0 Å². The molecule has 1 aromatic carbocycles. The first kappa shape index (κ1) is 9.11. The second-order valence-electron chi connectivity index (χ2n) is 2.24. The van der Waals surface area contributed by atoms with E-state index in [4.69, 9.17) is 10.2 Å². The van der Waals surface area contributed by atoms with Crippen molar-refractivity contribution < 1.29 is 19.9 Å². The van der Waals surface area contributed by atoms with E-state index in [1.165, 1.54) is 7.11 Å². The normalized spacial score (nSPS) is 9.62. The molecule has 0 aliphatic rings. The van der Waals surface area contributed by atoms with Crippen LogP contribution in [0.2, 0.25) is 0 Å². The number of phenolic OH excluding ortho intramolecular Hbond substituents is 2. The van der Waals surface area contributed by atoms with Crippen LogP contribution in [0, 0.1) is 10.1 Å². The molecule has 0 heterocycles. The summed E-state index contributed by atoms with van der Waals surface area (Å²) in [6.07, 6.45) is 0. The van der Waals surface area contributed by atoms with Crippen LogP contribution < -0.4 is 4.74 Å². The van der Waals surface area contributed by atoms with Gasteiger partial charge in [0.05, 0.1) is 12.0 Å². The van der Waals surface area contributed by atoms with E-state index in [0.717, 1.165) is 12.1 Å². The largest absolute Gasteiger partial charge is 0.504 e. The van der Waals surface area contributed by atoms with Crippen LogP contribution in [0.3, 0.4) is 0 Å². The zero-order valence-corrected chi connectivity index (χ0v) is 6.72. The maximum Gasteiger partial charge on any atom is 0.315 e. The Labute approximate surface area is 73.2 Å². The number of rotatable bonds is 2. The predicted molar refractivity (Wildman–Crippen MR) is 43.0 cm³/mol. The van der Waals surface area contributed by atoms with Crippen molar-refractivity contribution in [3.8, 4) is 17.2 Å². The van der Waals surface area contributed by atoms with Gasteiger partial charge in [-0.15, -0.1) is 0 Å². The van der Waals surface area contributed by atoms with Gasteiger partial charge in [0.1, 0.15) is 0 Å². The third kappa shape index (κ3) is 1.46. The van der Waals surface area contributed by atoms with Crippen molar-refractivity contribution in [1.82, 2.24) is 0 Å². The molecule has 0 radical (unpaired) electrons. The summed E-state index contributed by atoms with van der Waals surface area (Å²) in [5.41, 5.74) is -0.391. The van der Waals surface area contributed by atoms with Crippen molar-refractivity contribution in [2.24, 2.45) is 0 Å². The molecule has 0 aliphatic carbocycles. The van der Waals surface area contributed by atoms with Crippen molar-refractivity contribution >= 4 is 5.69 Å². The fourth-order valence-corrected chi connectivity index (χ4v) is 0.895. The van der Waals surface area contributed by atoms with Gasteiger partial charge in [-0.05, 0) is 6.07 Å². The molecule has 0 spiro atoms. The van der Waals surface area contributed by atoms with Crippen LogP contribution in [0.5, 0.6) is 17.2 Å². The second-order valence-corrected chi connectivity index (χ2v) is 2.24. The topological polar surface area (TPSA) is 92.8 Å². The molecule has 0 aromatic heterocycles. The predicted octanol–water partition coefficient (Wildman–Crippen LogP) is 1.01. The molecule has 1 aromatic rings. The van der Waals surface area contributed by atoms with Crippen molar-refractivity contribution in [3.63, 3.8) is 0 Å². The quantitative estimate of drug-likeness (QED) is 0.407. The van der Waals surface area contributed by atoms with Crippen molar-refractivity contribution in [1.29, 1.82) is 0 Å². The van der Waals surface area contributed by atoms with E-state index < -0.39 is 22.1 Å². The van der Waals surface area contributed by atoms with Crippen LogP contribution in [0.4, 0.5) is 5.69 Å². The summed E-state index contributed by atoms with van der Waals surface area (Å²) in [7, 11) is 1.17. The minimum Gasteiger partial charge on any atom is -0.504 e. The van der Waals surface area contributed by atoms with E-state index in [0.29, 0.717) is 0 Å². The molecule has 6 heteroatoms. The number of nitro benzene ring substituents is 1. The minimum absolute atomic E-state index is 0.343. The lowest BCUT2D eigenvalue weighted by atomic mass is 10.2. The zero-order chi connectivity index (χ0) is 10.0. The highest BCUT2D eigenvalue weighted by Gasteiger charge is 2.20. The molecule has 0 unspecified atom stereocenters. The van der Waals surface area contributed by atoms with Gasteiger partial charge in [-0.1, -0.05) is 0 Å². The van der Waals surface area contributed by atoms with Gasteiger partial charge >= 0.3 is 5.69 Å². The van der Waals surface area contributed by atoms with Gasteiger partial charge in [0.2, 0.25) is 11.5 Å². The van der Waals surface area contributed by atoms with E-state index in [1.54, 1.807) is 0 Å². The van der Waals surface area contributed by atoms with Crippen LogP contribution in [-0.4, -0.2) is 22.2 Å². The van der Waals surface area contributed by atoms with Crippen molar-refractivity contribution in [2.75, 3.05) is 7.11 Å². The molecule has 13 heavy (non-hydrogen) atoms. The molecule has 0 fully saturated rings. The Morgan fingerprint density at radius 2 is 2.08 bits per heavy atom. The summed E-state index contributed by atoms with van der Waals surface area (Å²) in [6.45, 7) is 0. The van der Waals surface area contributed by atoms with Crippen LogP contribution in [0.25, 0.3) is 0 Å². The van der Waals surface area contributed by atoms with E-state index in [2.05, 4.69) is 4.74 Å². The summed E-state index contributed by atoms with van der Waals surface area (Å²) in [5.74, 6) is -1.43. The van der Waals surface area contributed by atoms with Crippen molar-refractivity contribution in [2.45, 2.75) is 0 Å². The number of phenols is 2. The van der Waals surface area contributed by atoms with Gasteiger partial charge in [-0.2, -0.15) is 0 Å². The summed E-state index contributed by atoms with van der Waals surface area (Å²) in [6, 6.07) is 2.07. The Hall–Kier alpha value is -1.98. The number of hydrogen-bond acceptors (Lipinski definition) is 5. The molecule has 0 saturated carbocycles. The maximum absolute atomic E-state index is 10.4. The van der Waals surface area contributed by atoms with Gasteiger partial charge in [0, 0.05) is 6.07 Å². The lowest BCUT2D eigenvalue weighted by molar-refractivity contribution is -0.385. The smallest absolute Gasteiger partial charge is 0.315 e. The Kier molecular flexibility index (Phi) is 2.23. The highest BCUT2D eigenvalue weighted by Crippen LogP contribution is 2.41. The van der Waals surface area contributed by atoms with Gasteiger partial charge in [-0.3, -0.25) is 10.1 Å². The van der Waals surface area contributed by atoms with E-state index in [-0.39, 0.29) is 5.75 Å². The number of methoxy groups -OCH3 is 1. The van der Waals surface area contributed by atoms with Crippen molar-refractivity contribution in [3.05, 3.63) is 22.2 Å². The summed E-state index contributed by atoms with van der Waals surface area (Å²) in [4.78, 5) is 9.67. The van der Waals surface area contributed by atoms with Gasteiger partial charge < -0.3 is 14.9 Å². The van der Waals surface area contributed by atoms with E-state index >= 15 is 0 Å². The molecule has 1 rings (SSSR count). The summed E-state index contributed by atoms with van der Waals surface area (Å²) in [5, 5.41) is 28.5. The Morgan fingerprint density at radius 3 is 2.54 bits per heavy atom. The molecular weight excluding hydrogens is 178 g/mol. The summed E-state index contributed by atoms with van der Waals surface area (Å²) >= 11 is 0. The molecule has 0 atom stereocenters. The lowest BCUT2D eigenvalue weighted by Crippen LogP contribution is -1.93. The first-order valence-electron chi connectivity index (χ1n) is 3.31. The highest BCUT2D eigenvalue weighted by atomic mass is 16.6. The number of nitro groups is 1. The fourth-order valence-electron chi connectivity index (χ4n) is 0.895. The molecule has 0 aliphatic heterocycles. The Balaban J connectivity index is 3.38. The maximum atomic E-state index is 10.4. The monoisotopic (exact) mass is 185 g/mol. The third-order valence-corrected chi connectivity index (χ3v) is 1.49. The number of benzene rings is 1. The average Bonchev–Trinajstić information content (AvgIpc) is 2.09. The SMILES string of the molecule is COc1c([N+](=O)[O-])ccc(O)c1O. The number of hydrogen-bond donors (Lipinski definition) is 2. The van der Waals surface area contributed by atoms with Gasteiger partial charge in [0.25, 0.3) is 0 Å². The molecule has 2 N–H and O–H groups in total. The second kappa shape index (κ2) is 3.18. The van der Waals surface area contributed by atoms with Gasteiger partial charge in [0.15, 0.2) is 5.75 Å². The number of aromatic hydroxyl groups is 2. The lowest BCUT2D eigenvalue weighted by Gasteiger charge is -2.04. The van der Waals surface area contributed by atoms with E-state index in [1.807, 2.05) is 0 Å². The zero-order valence-electron chi connectivity index (χ0n) is 6.72. The van der Waals surface area contributed by atoms with Gasteiger partial charge in [-0.25, -0.2) is 0 Å². The molecular formula is C7H7NO5. The molecule has 0 saturated heterocycles. The van der Waals surface area contributed by atoms with E-state index in [9.17, 15) is 10.1 Å². The number of ether oxygens (including phenoxy) is 1. The first-order valence-corrected chi connectivity index (χ1v) is 3.31. The molecule has 70 valence electrons. The van der Waals surface area contributed by atoms with Crippen LogP contribution in [0.15, 0.2) is 12.1 Å². The molecule has 6 nitrogen and oxygen atoms in total. The average molecular weight is 185 g/mol. The van der Waals surface area contributed by atoms with Crippen LogP contribution >= 0.6 is 0 Å². The third-order valence-electron chi connectivity index (χ3n) is 1.49. The van der Waals surface area contributed by atoms with Crippen LogP contribution in [-0.2, 0) is 0 Å². The first-order chi connectivity index (χ1) is 6.07. The summed E-state index contributed by atoms with van der Waals surface area (Å²) < 4.78 is 4.57. The minimum atomic E-state index is -0.710. The highest BCUT2D eigenvalue weighted by molar-refractivity contribution is 5.60. The Morgan fingerprint density at radius 1 is 1.46 bits per heavy atom. The molecule has 0 amide bonds. The Bertz CT molecular complexity index is 349. The molecule has 0 bridgehead atoms.